The summed E-state index contributed by atoms with van der Waals surface area (Å²) in [5, 5.41) is 15.8. The van der Waals surface area contributed by atoms with Crippen LogP contribution in [-0.2, 0) is 6.54 Å². The molecule has 12 heteroatoms. The van der Waals surface area contributed by atoms with Crippen molar-refractivity contribution in [3.05, 3.63) is 65.2 Å². The van der Waals surface area contributed by atoms with E-state index in [0.717, 1.165) is 6.07 Å². The Morgan fingerprint density at radius 2 is 1.81 bits per heavy atom. The van der Waals surface area contributed by atoms with Crippen molar-refractivity contribution < 1.29 is 22.0 Å². The number of anilines is 1. The summed E-state index contributed by atoms with van der Waals surface area (Å²) in [5.74, 6) is 1.24. The highest BCUT2D eigenvalue weighted by atomic mass is 32.2. The second-order valence-electron chi connectivity index (χ2n) is 8.00. The lowest BCUT2D eigenvalue weighted by atomic mass is 9.45. The van der Waals surface area contributed by atoms with Gasteiger partial charge in [-0.05, 0) is 36.9 Å². The van der Waals surface area contributed by atoms with Gasteiger partial charge in [0.1, 0.15) is 17.3 Å². The predicted octanol–water partition coefficient (Wildman–Crippen LogP) is 6.55. The van der Waals surface area contributed by atoms with Crippen molar-refractivity contribution in [2.24, 2.45) is 10.2 Å². The maximum absolute atomic E-state index is 15.0. The minimum absolute atomic E-state index is 0.00445. The van der Waals surface area contributed by atoms with E-state index in [4.69, 9.17) is 5.26 Å². The maximum atomic E-state index is 15.0. The summed E-state index contributed by atoms with van der Waals surface area (Å²) in [6.07, 6.45) is -3.65. The van der Waals surface area contributed by atoms with Gasteiger partial charge in [0.2, 0.25) is 0 Å². The molecule has 1 fully saturated rings. The van der Waals surface area contributed by atoms with Crippen LogP contribution in [0.25, 0.3) is 0 Å². The van der Waals surface area contributed by atoms with Crippen molar-refractivity contribution in [1.29, 1.82) is 5.26 Å². The van der Waals surface area contributed by atoms with Gasteiger partial charge in [0.25, 0.3) is 6.71 Å². The molecular formula is C24H25BF5N5S. The molecular weight excluding hydrogens is 496 g/mol. The molecule has 0 amide bonds. The van der Waals surface area contributed by atoms with Gasteiger partial charge in [-0.25, -0.2) is 18.3 Å². The van der Waals surface area contributed by atoms with E-state index in [9.17, 15) is 22.0 Å². The SMILES string of the molecule is CC.N#CB1CCN(SN(Cc2ccc(C3=NN=C(C(F)(F)F)C3)cc2F)c2cccc(F)c2)CC1. The maximum Gasteiger partial charge on any atom is 0.431 e. The number of hydrogen-bond acceptors (Lipinski definition) is 6. The third kappa shape index (κ3) is 7.07. The number of rotatable bonds is 6. The number of alkyl halides is 3. The van der Waals surface area contributed by atoms with E-state index in [1.54, 1.807) is 16.4 Å². The first kappa shape index (κ1) is 27.7. The average molecular weight is 521 g/mol. The highest BCUT2D eigenvalue weighted by Crippen LogP contribution is 2.31. The summed E-state index contributed by atoms with van der Waals surface area (Å²) in [6.45, 7) is 5.43. The van der Waals surface area contributed by atoms with Gasteiger partial charge in [0.05, 0.1) is 17.9 Å². The Balaban J connectivity index is 0.00000176. The molecule has 2 heterocycles. The van der Waals surface area contributed by atoms with E-state index in [2.05, 4.69) is 16.2 Å². The van der Waals surface area contributed by atoms with E-state index in [0.29, 0.717) is 37.0 Å². The summed E-state index contributed by atoms with van der Waals surface area (Å²) in [4.78, 5) is 0. The molecule has 1 saturated heterocycles. The van der Waals surface area contributed by atoms with Gasteiger partial charge >= 0.3 is 6.18 Å². The van der Waals surface area contributed by atoms with E-state index in [1.165, 1.54) is 36.4 Å². The first-order chi connectivity index (χ1) is 17.2. The molecule has 36 heavy (non-hydrogen) atoms. The molecule has 4 rings (SSSR count). The minimum atomic E-state index is -4.58. The van der Waals surface area contributed by atoms with Gasteiger partial charge in [-0.3, -0.25) is 4.31 Å². The van der Waals surface area contributed by atoms with Crippen LogP contribution < -0.4 is 4.31 Å². The normalized spacial score (nSPS) is 16.0. The minimum Gasteiger partial charge on any atom is -0.299 e. The zero-order valence-electron chi connectivity index (χ0n) is 19.9. The molecule has 2 aliphatic rings. The molecule has 0 spiro atoms. The predicted molar refractivity (Wildman–Crippen MR) is 135 cm³/mol. The molecule has 2 aromatic rings. The van der Waals surface area contributed by atoms with Crippen molar-refractivity contribution in [3.8, 4) is 5.97 Å². The lowest BCUT2D eigenvalue weighted by Crippen LogP contribution is -2.35. The lowest BCUT2D eigenvalue weighted by Gasteiger charge is -2.33. The van der Waals surface area contributed by atoms with Crippen LogP contribution in [0.3, 0.4) is 0 Å². The Hall–Kier alpha value is -2.91. The van der Waals surface area contributed by atoms with E-state index in [1.807, 2.05) is 18.2 Å². The largest absolute Gasteiger partial charge is 0.431 e. The average Bonchev–Trinajstić information content (AvgIpc) is 3.38. The highest BCUT2D eigenvalue weighted by Gasteiger charge is 2.39. The standard InChI is InChI=1S/C22H19BF5N5S.C2H6/c24-17-2-1-3-18(11-17)33(34-32-8-6-23(14-29)7-9-32)13-16-5-4-15(10-19(16)25)20-12-21(31-30-20)22(26,27)28;1-2/h1-5,10-11H,6-9,12-13H2;1-2H3. The van der Waals surface area contributed by atoms with Crippen LogP contribution in [0, 0.1) is 22.9 Å². The van der Waals surface area contributed by atoms with Gasteiger partial charge in [0.15, 0.2) is 0 Å². The molecule has 0 radical (unpaired) electrons. The molecule has 2 aromatic carbocycles. The number of nitrogens with zero attached hydrogens (tertiary/aromatic N) is 5. The molecule has 0 atom stereocenters. The van der Waals surface area contributed by atoms with Crippen molar-refractivity contribution in [2.75, 3.05) is 17.4 Å². The van der Waals surface area contributed by atoms with Crippen LogP contribution in [-0.4, -0.2) is 41.7 Å². The van der Waals surface area contributed by atoms with Crippen LogP contribution in [0.15, 0.2) is 52.7 Å². The van der Waals surface area contributed by atoms with Crippen LogP contribution in [0.4, 0.5) is 27.6 Å². The Morgan fingerprint density at radius 1 is 1.08 bits per heavy atom. The molecule has 0 N–H and O–H groups in total. The fourth-order valence-electron chi connectivity index (χ4n) is 3.68. The molecule has 5 nitrogen and oxygen atoms in total. The molecule has 0 aromatic heterocycles. The Kier molecular flexibility index (Phi) is 9.51. The van der Waals surface area contributed by atoms with Gasteiger partial charge in [-0.1, -0.05) is 32.0 Å². The molecule has 0 saturated carbocycles. The Morgan fingerprint density at radius 3 is 2.39 bits per heavy atom. The first-order valence-electron chi connectivity index (χ1n) is 11.6. The second-order valence-corrected chi connectivity index (χ2v) is 9.13. The fraction of sp³-hybridized carbons (Fsp3) is 0.375. The van der Waals surface area contributed by atoms with Crippen LogP contribution in [0.5, 0.6) is 0 Å². The van der Waals surface area contributed by atoms with Gasteiger partial charge in [0, 0.05) is 48.7 Å². The summed E-state index contributed by atoms with van der Waals surface area (Å²) >= 11 is 1.33. The van der Waals surface area contributed by atoms with Crippen molar-refractivity contribution >= 4 is 36.0 Å². The van der Waals surface area contributed by atoms with Crippen LogP contribution in [0.1, 0.15) is 31.4 Å². The second kappa shape index (κ2) is 12.4. The molecule has 0 bridgehead atoms. The number of halogens is 5. The van der Waals surface area contributed by atoms with Gasteiger partial charge in [-0.2, -0.15) is 18.3 Å². The summed E-state index contributed by atoms with van der Waals surface area (Å²) in [7, 11) is 0. The summed E-state index contributed by atoms with van der Waals surface area (Å²) in [6, 6.07) is 10.1. The number of nitriles is 1. The summed E-state index contributed by atoms with van der Waals surface area (Å²) in [5.41, 5.74) is 0.102. The highest BCUT2D eigenvalue weighted by molar-refractivity contribution is 7.98. The van der Waals surface area contributed by atoms with Crippen LogP contribution in [0.2, 0.25) is 12.6 Å². The molecule has 0 aliphatic carbocycles. The molecule has 0 unspecified atom stereocenters. The zero-order valence-corrected chi connectivity index (χ0v) is 20.7. The topological polar surface area (TPSA) is 55.0 Å². The first-order valence-corrected chi connectivity index (χ1v) is 12.3. The number of benzene rings is 2. The van der Waals surface area contributed by atoms with Gasteiger partial charge < -0.3 is 0 Å². The fourth-order valence-corrected chi connectivity index (χ4v) is 4.74. The Bertz CT molecular complexity index is 1160. The van der Waals surface area contributed by atoms with Gasteiger partial charge in [-0.15, -0.1) is 5.10 Å². The molecule has 2 aliphatic heterocycles. The van der Waals surface area contributed by atoms with E-state index in [-0.39, 0.29) is 24.5 Å². The lowest BCUT2D eigenvalue weighted by molar-refractivity contribution is -0.0596. The monoisotopic (exact) mass is 521 g/mol. The van der Waals surface area contributed by atoms with Crippen LogP contribution >= 0.6 is 12.1 Å². The third-order valence-corrected chi connectivity index (χ3v) is 6.73. The van der Waals surface area contributed by atoms with Crippen molar-refractivity contribution in [1.82, 2.24) is 4.31 Å². The van der Waals surface area contributed by atoms with E-state index >= 15 is 0 Å². The third-order valence-electron chi connectivity index (χ3n) is 5.60. The zero-order chi connectivity index (χ0) is 26.3. The smallest absolute Gasteiger partial charge is 0.299 e. The number of hydrogen-bond donors (Lipinski definition) is 0. The summed E-state index contributed by atoms with van der Waals surface area (Å²) < 4.78 is 71.2. The quantitative estimate of drug-likeness (QED) is 0.246. The van der Waals surface area contributed by atoms with Crippen molar-refractivity contribution in [2.45, 2.75) is 45.6 Å². The Labute approximate surface area is 212 Å². The van der Waals surface area contributed by atoms with E-state index < -0.39 is 29.9 Å². The van der Waals surface area contributed by atoms with Crippen molar-refractivity contribution in [3.63, 3.8) is 0 Å². The molecule has 190 valence electrons.